The monoisotopic (exact) mass is 302 g/mol. The summed E-state index contributed by atoms with van der Waals surface area (Å²) in [6.07, 6.45) is 0. The third-order valence-corrected chi connectivity index (χ3v) is 3.01. The van der Waals surface area contributed by atoms with Gasteiger partial charge in [0, 0.05) is 11.1 Å². The molecular formula is C16H15FN2O3. The number of hydrazone groups is 1. The number of hydrogen-bond donors (Lipinski definition) is 2. The Hall–Kier alpha value is -2.89. The zero-order valence-corrected chi connectivity index (χ0v) is 12.1. The molecule has 114 valence electrons. The predicted molar refractivity (Wildman–Crippen MR) is 80.7 cm³/mol. The van der Waals surface area contributed by atoms with Crippen LogP contribution < -0.4 is 10.2 Å². The number of benzene rings is 2. The number of phenolic OH excluding ortho intramolecular Hbond substituents is 1. The largest absolute Gasteiger partial charge is 0.504 e. The van der Waals surface area contributed by atoms with Gasteiger partial charge in [-0.25, -0.2) is 9.82 Å². The van der Waals surface area contributed by atoms with E-state index in [9.17, 15) is 14.3 Å². The van der Waals surface area contributed by atoms with Gasteiger partial charge in [-0.05, 0) is 43.3 Å². The van der Waals surface area contributed by atoms with E-state index < -0.39 is 11.7 Å². The lowest BCUT2D eigenvalue weighted by molar-refractivity contribution is 0.0954. The van der Waals surface area contributed by atoms with Crippen molar-refractivity contribution in [1.82, 2.24) is 5.43 Å². The summed E-state index contributed by atoms with van der Waals surface area (Å²) in [7, 11) is 1.44. The van der Waals surface area contributed by atoms with Crippen molar-refractivity contribution in [2.45, 2.75) is 6.92 Å². The van der Waals surface area contributed by atoms with Gasteiger partial charge in [-0.15, -0.1) is 0 Å². The molecule has 2 aromatic rings. The van der Waals surface area contributed by atoms with Gasteiger partial charge < -0.3 is 9.84 Å². The minimum Gasteiger partial charge on any atom is -0.504 e. The van der Waals surface area contributed by atoms with E-state index in [4.69, 9.17) is 4.74 Å². The number of phenols is 1. The standard InChI is InChI=1S/C16H15FN2O3/c1-10(11-6-7-14(20)15(9-11)22-2)18-19-16(21)12-4-3-5-13(17)8-12/h3-9,20H,1-2H3,(H,19,21). The summed E-state index contributed by atoms with van der Waals surface area (Å²) in [5, 5.41) is 13.5. The van der Waals surface area contributed by atoms with Gasteiger partial charge in [0.1, 0.15) is 5.82 Å². The minimum absolute atomic E-state index is 0.0165. The first-order valence-corrected chi connectivity index (χ1v) is 6.49. The number of carbonyl (C=O) groups excluding carboxylic acids is 1. The lowest BCUT2D eigenvalue weighted by atomic mass is 10.1. The molecule has 0 aliphatic heterocycles. The van der Waals surface area contributed by atoms with Gasteiger partial charge >= 0.3 is 0 Å². The quantitative estimate of drug-likeness (QED) is 0.674. The molecule has 2 aromatic carbocycles. The Labute approximate surface area is 127 Å². The van der Waals surface area contributed by atoms with E-state index in [1.54, 1.807) is 19.1 Å². The lowest BCUT2D eigenvalue weighted by Gasteiger charge is -2.07. The summed E-state index contributed by atoms with van der Waals surface area (Å²) < 4.78 is 18.1. The molecule has 2 N–H and O–H groups in total. The number of hydrogen-bond acceptors (Lipinski definition) is 4. The van der Waals surface area contributed by atoms with E-state index in [-0.39, 0.29) is 11.3 Å². The van der Waals surface area contributed by atoms with Crippen molar-refractivity contribution in [3.63, 3.8) is 0 Å². The summed E-state index contributed by atoms with van der Waals surface area (Å²) in [5.41, 5.74) is 3.73. The number of methoxy groups -OCH3 is 1. The Kier molecular flexibility index (Phi) is 4.73. The van der Waals surface area contributed by atoms with Crippen molar-refractivity contribution in [2.75, 3.05) is 7.11 Å². The smallest absolute Gasteiger partial charge is 0.271 e. The van der Waals surface area contributed by atoms with Crippen LogP contribution in [0.5, 0.6) is 11.5 Å². The van der Waals surface area contributed by atoms with Crippen molar-refractivity contribution >= 4 is 11.6 Å². The Balaban J connectivity index is 2.14. The maximum atomic E-state index is 13.1. The van der Waals surface area contributed by atoms with Crippen LogP contribution in [0.2, 0.25) is 0 Å². The number of ether oxygens (including phenoxy) is 1. The number of carbonyl (C=O) groups is 1. The topological polar surface area (TPSA) is 70.9 Å². The van der Waals surface area contributed by atoms with E-state index in [2.05, 4.69) is 10.5 Å². The third-order valence-electron chi connectivity index (χ3n) is 3.01. The average Bonchev–Trinajstić information content (AvgIpc) is 2.52. The Morgan fingerprint density at radius 1 is 1.23 bits per heavy atom. The van der Waals surface area contributed by atoms with Gasteiger partial charge in [0.05, 0.1) is 12.8 Å². The van der Waals surface area contributed by atoms with Crippen molar-refractivity contribution in [1.29, 1.82) is 0 Å². The second kappa shape index (κ2) is 6.71. The molecule has 0 radical (unpaired) electrons. The zero-order valence-electron chi connectivity index (χ0n) is 12.1. The molecule has 0 heterocycles. The molecule has 2 rings (SSSR count). The highest BCUT2D eigenvalue weighted by atomic mass is 19.1. The maximum absolute atomic E-state index is 13.1. The molecule has 0 aliphatic carbocycles. The molecule has 0 aromatic heterocycles. The molecule has 0 bridgehead atoms. The number of halogens is 1. The summed E-state index contributed by atoms with van der Waals surface area (Å²) >= 11 is 0. The predicted octanol–water partition coefficient (Wildman–Crippen LogP) is 2.69. The van der Waals surface area contributed by atoms with E-state index >= 15 is 0 Å². The highest BCUT2D eigenvalue weighted by Gasteiger charge is 2.07. The van der Waals surface area contributed by atoms with Crippen LogP contribution in [-0.4, -0.2) is 23.8 Å². The Morgan fingerprint density at radius 2 is 2.00 bits per heavy atom. The van der Waals surface area contributed by atoms with Gasteiger partial charge in [-0.3, -0.25) is 4.79 Å². The molecule has 0 fully saturated rings. The fraction of sp³-hybridized carbons (Fsp3) is 0.125. The van der Waals surface area contributed by atoms with Crippen molar-refractivity contribution < 1.29 is 19.0 Å². The lowest BCUT2D eigenvalue weighted by Crippen LogP contribution is -2.19. The first kappa shape index (κ1) is 15.5. The second-order valence-corrected chi connectivity index (χ2v) is 4.54. The molecule has 5 nitrogen and oxygen atoms in total. The van der Waals surface area contributed by atoms with Crippen LogP contribution >= 0.6 is 0 Å². The summed E-state index contributed by atoms with van der Waals surface area (Å²) in [6, 6.07) is 10.0. The van der Waals surface area contributed by atoms with Crippen LogP contribution in [0.1, 0.15) is 22.8 Å². The fourth-order valence-corrected chi connectivity index (χ4v) is 1.80. The molecule has 0 atom stereocenters. The summed E-state index contributed by atoms with van der Waals surface area (Å²) in [5.74, 6) is -0.674. The number of rotatable bonds is 4. The molecular weight excluding hydrogens is 287 g/mol. The van der Waals surface area contributed by atoms with Crippen LogP contribution in [-0.2, 0) is 0 Å². The van der Waals surface area contributed by atoms with Crippen LogP contribution in [0, 0.1) is 5.82 Å². The summed E-state index contributed by atoms with van der Waals surface area (Å²) in [4.78, 5) is 11.9. The van der Waals surface area contributed by atoms with Crippen molar-refractivity contribution in [2.24, 2.45) is 5.10 Å². The van der Waals surface area contributed by atoms with Gasteiger partial charge in [-0.1, -0.05) is 6.07 Å². The molecule has 1 amide bonds. The van der Waals surface area contributed by atoms with Crippen LogP contribution in [0.4, 0.5) is 4.39 Å². The van der Waals surface area contributed by atoms with Crippen molar-refractivity contribution in [3.05, 3.63) is 59.4 Å². The molecule has 0 saturated heterocycles. The van der Waals surface area contributed by atoms with Gasteiger partial charge in [0.2, 0.25) is 0 Å². The normalized spacial score (nSPS) is 11.1. The van der Waals surface area contributed by atoms with Gasteiger partial charge in [-0.2, -0.15) is 5.10 Å². The van der Waals surface area contributed by atoms with Crippen LogP contribution in [0.25, 0.3) is 0 Å². The Bertz CT molecular complexity index is 729. The SMILES string of the molecule is COc1cc(C(C)=NNC(=O)c2cccc(F)c2)ccc1O. The zero-order chi connectivity index (χ0) is 16.1. The number of amides is 1. The Morgan fingerprint density at radius 3 is 2.68 bits per heavy atom. The average molecular weight is 302 g/mol. The molecule has 0 saturated carbocycles. The van der Waals surface area contributed by atoms with Gasteiger partial charge in [0.25, 0.3) is 5.91 Å². The maximum Gasteiger partial charge on any atom is 0.271 e. The van der Waals surface area contributed by atoms with E-state index in [0.29, 0.717) is 17.0 Å². The van der Waals surface area contributed by atoms with E-state index in [1.165, 1.54) is 31.4 Å². The number of nitrogens with one attached hydrogen (secondary N) is 1. The van der Waals surface area contributed by atoms with Crippen molar-refractivity contribution in [3.8, 4) is 11.5 Å². The molecule has 0 aliphatic rings. The number of aromatic hydroxyl groups is 1. The van der Waals surface area contributed by atoms with E-state index in [0.717, 1.165) is 6.07 Å². The first-order valence-electron chi connectivity index (χ1n) is 6.49. The van der Waals surface area contributed by atoms with Crippen LogP contribution in [0.3, 0.4) is 0 Å². The summed E-state index contributed by atoms with van der Waals surface area (Å²) in [6.45, 7) is 1.69. The molecule has 0 spiro atoms. The first-order chi connectivity index (χ1) is 10.5. The van der Waals surface area contributed by atoms with Crippen LogP contribution in [0.15, 0.2) is 47.6 Å². The second-order valence-electron chi connectivity index (χ2n) is 4.54. The number of nitrogens with zero attached hydrogens (tertiary/aromatic N) is 1. The highest BCUT2D eigenvalue weighted by molar-refractivity contribution is 6.01. The molecule has 0 unspecified atom stereocenters. The fourth-order valence-electron chi connectivity index (χ4n) is 1.80. The van der Waals surface area contributed by atoms with Gasteiger partial charge in [0.15, 0.2) is 11.5 Å². The van der Waals surface area contributed by atoms with E-state index in [1.807, 2.05) is 0 Å². The molecule has 6 heteroatoms. The highest BCUT2D eigenvalue weighted by Crippen LogP contribution is 2.26. The third kappa shape index (κ3) is 3.60. The molecule has 22 heavy (non-hydrogen) atoms. The minimum atomic E-state index is -0.510.